The lowest BCUT2D eigenvalue weighted by Gasteiger charge is -2.28. The molecular weight excluding hydrogens is 476 g/mol. The van der Waals surface area contributed by atoms with Gasteiger partial charge in [-0.15, -0.1) is 0 Å². The van der Waals surface area contributed by atoms with Gasteiger partial charge >= 0.3 is 0 Å². The fraction of sp³-hybridized carbons (Fsp3) is 0.111. The van der Waals surface area contributed by atoms with Crippen LogP contribution in [-0.2, 0) is 4.79 Å². The van der Waals surface area contributed by atoms with Crippen molar-refractivity contribution in [3.8, 4) is 0 Å². The van der Waals surface area contributed by atoms with Crippen LogP contribution >= 0.6 is 0 Å². The standard InChI is InChI=1S/C36H30N2O/c1-36(2,3)32-24-28(20-23-35(32)39)37-27-18-21-29(22-19-27)38(33-16-8-12-25-10-4-6-14-30(25)33)34-17-9-13-26-11-5-7-15-31(26)34/h4-24H,1-3H3. The molecule has 0 spiro atoms. The predicted octanol–water partition coefficient (Wildman–Crippen LogP) is 9.65. The van der Waals surface area contributed by atoms with Crippen LogP contribution in [-0.4, -0.2) is 11.5 Å². The summed E-state index contributed by atoms with van der Waals surface area (Å²) >= 11 is 0. The summed E-state index contributed by atoms with van der Waals surface area (Å²) in [7, 11) is 0. The lowest BCUT2D eigenvalue weighted by molar-refractivity contribution is -0.112. The molecule has 0 bridgehead atoms. The van der Waals surface area contributed by atoms with Gasteiger partial charge in [0, 0.05) is 22.0 Å². The van der Waals surface area contributed by atoms with E-state index in [0.29, 0.717) is 0 Å². The summed E-state index contributed by atoms with van der Waals surface area (Å²) in [5, 5.41) is 4.77. The first-order chi connectivity index (χ1) is 18.9. The maximum Gasteiger partial charge on any atom is 0.182 e. The molecule has 5 aromatic carbocycles. The van der Waals surface area contributed by atoms with Gasteiger partial charge in [0.05, 0.1) is 22.8 Å². The third kappa shape index (κ3) is 4.80. The van der Waals surface area contributed by atoms with Gasteiger partial charge in [0.25, 0.3) is 0 Å². The number of hydrogen-bond acceptors (Lipinski definition) is 3. The zero-order valence-corrected chi connectivity index (χ0v) is 22.4. The molecule has 0 radical (unpaired) electrons. The van der Waals surface area contributed by atoms with E-state index in [9.17, 15) is 4.79 Å². The molecular formula is C36H30N2O. The van der Waals surface area contributed by atoms with E-state index in [1.165, 1.54) is 21.5 Å². The Bertz CT molecular complexity index is 1710. The second kappa shape index (κ2) is 9.85. The average Bonchev–Trinajstić information content (AvgIpc) is 2.95. The van der Waals surface area contributed by atoms with E-state index in [1.54, 1.807) is 12.2 Å². The van der Waals surface area contributed by atoms with Gasteiger partial charge < -0.3 is 4.90 Å². The number of carbonyl (C=O) groups excluding carboxylic acids is 1. The molecule has 0 aliphatic heterocycles. The highest BCUT2D eigenvalue weighted by Crippen LogP contribution is 2.42. The van der Waals surface area contributed by atoms with Crippen LogP contribution in [0.5, 0.6) is 0 Å². The number of ketones is 1. The SMILES string of the molecule is CC(C)(C)C1=CC(=Nc2ccc(N(c3cccc4ccccc34)c3cccc4ccccc34)cc2)C=CC1=O. The first kappa shape index (κ1) is 24.6. The number of allylic oxidation sites excluding steroid dienone is 4. The van der Waals surface area contributed by atoms with Crippen molar-refractivity contribution >= 4 is 55.8 Å². The van der Waals surface area contributed by atoms with E-state index in [0.717, 1.165) is 34.0 Å². The minimum atomic E-state index is -0.232. The van der Waals surface area contributed by atoms with E-state index in [-0.39, 0.29) is 11.2 Å². The zero-order chi connectivity index (χ0) is 27.0. The highest BCUT2D eigenvalue weighted by atomic mass is 16.1. The van der Waals surface area contributed by atoms with Crippen molar-refractivity contribution in [2.24, 2.45) is 10.4 Å². The molecule has 0 amide bonds. The van der Waals surface area contributed by atoms with Crippen molar-refractivity contribution in [1.29, 1.82) is 0 Å². The Morgan fingerprint density at radius 3 is 1.72 bits per heavy atom. The minimum Gasteiger partial charge on any atom is -0.309 e. The van der Waals surface area contributed by atoms with Crippen LogP contribution in [0.25, 0.3) is 21.5 Å². The number of anilines is 3. The maximum atomic E-state index is 12.4. The van der Waals surface area contributed by atoms with Gasteiger partial charge in [0.2, 0.25) is 0 Å². The van der Waals surface area contributed by atoms with Crippen LogP contribution in [0.2, 0.25) is 0 Å². The summed E-state index contributed by atoms with van der Waals surface area (Å²) in [6.45, 7) is 6.16. The minimum absolute atomic E-state index is 0.0533. The average molecular weight is 507 g/mol. The van der Waals surface area contributed by atoms with Crippen LogP contribution in [0.15, 0.2) is 138 Å². The van der Waals surface area contributed by atoms with Crippen molar-refractivity contribution in [1.82, 2.24) is 0 Å². The molecule has 0 saturated heterocycles. The van der Waals surface area contributed by atoms with Gasteiger partial charge in [-0.05, 0) is 70.8 Å². The van der Waals surface area contributed by atoms with E-state index in [4.69, 9.17) is 4.99 Å². The zero-order valence-electron chi connectivity index (χ0n) is 22.4. The molecule has 6 rings (SSSR count). The predicted molar refractivity (Wildman–Crippen MR) is 165 cm³/mol. The van der Waals surface area contributed by atoms with E-state index in [2.05, 4.69) is 123 Å². The maximum absolute atomic E-state index is 12.4. The van der Waals surface area contributed by atoms with Crippen LogP contribution in [0.3, 0.4) is 0 Å². The Morgan fingerprint density at radius 2 is 1.15 bits per heavy atom. The molecule has 0 atom stereocenters. The largest absolute Gasteiger partial charge is 0.309 e. The van der Waals surface area contributed by atoms with Gasteiger partial charge in [0.15, 0.2) is 5.78 Å². The topological polar surface area (TPSA) is 32.7 Å². The first-order valence-electron chi connectivity index (χ1n) is 13.3. The van der Waals surface area contributed by atoms with E-state index in [1.807, 2.05) is 18.2 Å². The summed E-state index contributed by atoms with van der Waals surface area (Å²) in [4.78, 5) is 19.6. The summed E-state index contributed by atoms with van der Waals surface area (Å²) in [5.41, 5.74) is 5.46. The second-order valence-electron chi connectivity index (χ2n) is 10.9. The van der Waals surface area contributed by atoms with Crippen LogP contribution in [0.4, 0.5) is 22.7 Å². The summed E-state index contributed by atoms with van der Waals surface area (Å²) in [6.07, 6.45) is 5.33. The normalized spacial score (nSPS) is 14.7. The molecule has 190 valence electrons. The van der Waals surface area contributed by atoms with Gasteiger partial charge in [-0.1, -0.05) is 93.6 Å². The Labute approximate surface area is 229 Å². The number of aliphatic imine (C=N–C) groups is 1. The molecule has 0 fully saturated rings. The van der Waals surface area contributed by atoms with Crippen molar-refractivity contribution in [2.75, 3.05) is 4.90 Å². The molecule has 5 aromatic rings. The van der Waals surface area contributed by atoms with Crippen LogP contribution in [0, 0.1) is 5.41 Å². The van der Waals surface area contributed by atoms with Crippen molar-refractivity contribution < 1.29 is 4.79 Å². The van der Waals surface area contributed by atoms with E-state index < -0.39 is 0 Å². The number of benzene rings is 5. The third-order valence-electron chi connectivity index (χ3n) is 7.15. The molecule has 39 heavy (non-hydrogen) atoms. The number of fused-ring (bicyclic) bond motifs is 2. The molecule has 0 heterocycles. The van der Waals surface area contributed by atoms with Gasteiger partial charge in [0.1, 0.15) is 0 Å². The molecule has 3 nitrogen and oxygen atoms in total. The number of hydrogen-bond donors (Lipinski definition) is 0. The molecule has 3 heteroatoms. The quantitative estimate of drug-likeness (QED) is 0.227. The van der Waals surface area contributed by atoms with Crippen molar-refractivity contribution in [2.45, 2.75) is 20.8 Å². The van der Waals surface area contributed by atoms with Gasteiger partial charge in [-0.3, -0.25) is 4.79 Å². The molecule has 0 saturated carbocycles. The lowest BCUT2D eigenvalue weighted by atomic mass is 9.81. The van der Waals surface area contributed by atoms with Crippen molar-refractivity contribution in [3.05, 3.63) is 133 Å². The van der Waals surface area contributed by atoms with E-state index >= 15 is 0 Å². The lowest BCUT2D eigenvalue weighted by Crippen LogP contribution is -2.20. The number of carbonyl (C=O) groups is 1. The van der Waals surface area contributed by atoms with Crippen molar-refractivity contribution in [3.63, 3.8) is 0 Å². The first-order valence-corrected chi connectivity index (χ1v) is 13.3. The van der Waals surface area contributed by atoms with Gasteiger partial charge in [-0.25, -0.2) is 4.99 Å². The Kier molecular flexibility index (Phi) is 6.20. The summed E-state index contributed by atoms with van der Waals surface area (Å²) in [5.74, 6) is 0.0533. The van der Waals surface area contributed by atoms with Crippen LogP contribution in [0.1, 0.15) is 20.8 Å². The Balaban J connectivity index is 1.47. The summed E-state index contributed by atoms with van der Waals surface area (Å²) < 4.78 is 0. The fourth-order valence-corrected chi connectivity index (χ4v) is 5.21. The van der Waals surface area contributed by atoms with Crippen LogP contribution < -0.4 is 4.90 Å². The molecule has 0 aromatic heterocycles. The Morgan fingerprint density at radius 1 is 0.615 bits per heavy atom. The molecule has 1 aliphatic rings. The monoisotopic (exact) mass is 506 g/mol. The smallest absolute Gasteiger partial charge is 0.182 e. The van der Waals surface area contributed by atoms with Gasteiger partial charge in [-0.2, -0.15) is 0 Å². The summed E-state index contributed by atoms with van der Waals surface area (Å²) in [6, 6.07) is 38.2. The fourth-order valence-electron chi connectivity index (χ4n) is 5.21. The molecule has 0 unspecified atom stereocenters. The highest BCUT2D eigenvalue weighted by molar-refractivity contribution is 6.20. The number of nitrogens with zero attached hydrogens (tertiary/aromatic N) is 2. The highest BCUT2D eigenvalue weighted by Gasteiger charge is 2.24. The molecule has 1 aliphatic carbocycles. The molecule has 0 N–H and O–H groups in total. The Hall–Kier alpha value is -4.76. The number of rotatable bonds is 4. The second-order valence-corrected chi connectivity index (χ2v) is 10.9. The third-order valence-corrected chi connectivity index (χ3v) is 7.15.